The fraction of sp³-hybridized carbons (Fsp3) is 0.579. The lowest BCUT2D eigenvalue weighted by atomic mass is 10.0. The van der Waals surface area contributed by atoms with Crippen LogP contribution in [0.4, 0.5) is 4.79 Å². The molecule has 0 aliphatic heterocycles. The van der Waals surface area contributed by atoms with Crippen molar-refractivity contribution in [3.63, 3.8) is 0 Å². The Morgan fingerprint density at radius 1 is 1.12 bits per heavy atom. The predicted molar refractivity (Wildman–Crippen MR) is 97.1 cm³/mol. The molecule has 0 heterocycles. The summed E-state index contributed by atoms with van der Waals surface area (Å²) in [6.07, 6.45) is -0.281. The normalized spacial score (nSPS) is 13.2. The molecule has 0 bridgehead atoms. The van der Waals surface area contributed by atoms with E-state index < -0.39 is 12.2 Å². The molecule has 25 heavy (non-hydrogen) atoms. The molecule has 0 radical (unpaired) electrons. The largest absolute Gasteiger partial charge is 0.450 e. The summed E-state index contributed by atoms with van der Waals surface area (Å²) in [4.78, 5) is 23.8. The van der Waals surface area contributed by atoms with Gasteiger partial charge in [0.2, 0.25) is 5.91 Å². The van der Waals surface area contributed by atoms with Crippen molar-refractivity contribution in [2.24, 2.45) is 5.92 Å². The maximum Gasteiger partial charge on any atom is 0.407 e. The molecule has 6 heteroatoms. The van der Waals surface area contributed by atoms with Crippen molar-refractivity contribution in [1.29, 1.82) is 0 Å². The Labute approximate surface area is 150 Å². The molecule has 1 rings (SSSR count). The molecule has 6 nitrogen and oxygen atoms in total. The van der Waals surface area contributed by atoms with E-state index >= 15 is 0 Å². The van der Waals surface area contributed by atoms with Crippen LogP contribution >= 0.6 is 0 Å². The van der Waals surface area contributed by atoms with E-state index in [1.807, 2.05) is 30.3 Å². The van der Waals surface area contributed by atoms with Crippen LogP contribution in [-0.2, 0) is 20.9 Å². The van der Waals surface area contributed by atoms with Crippen molar-refractivity contribution in [2.45, 2.75) is 52.9 Å². The third-order valence-corrected chi connectivity index (χ3v) is 3.59. The second-order valence-corrected chi connectivity index (χ2v) is 6.38. The van der Waals surface area contributed by atoms with E-state index in [0.29, 0.717) is 25.7 Å². The molecule has 0 fully saturated rings. The zero-order valence-electron chi connectivity index (χ0n) is 15.6. The van der Waals surface area contributed by atoms with Gasteiger partial charge >= 0.3 is 6.09 Å². The van der Waals surface area contributed by atoms with Gasteiger partial charge in [0.05, 0.1) is 13.2 Å². The number of amides is 2. The zero-order chi connectivity index (χ0) is 18.7. The van der Waals surface area contributed by atoms with Gasteiger partial charge in [0.15, 0.2) is 0 Å². The van der Waals surface area contributed by atoms with Crippen LogP contribution in [0.5, 0.6) is 0 Å². The number of benzene rings is 1. The first kappa shape index (κ1) is 21.0. The van der Waals surface area contributed by atoms with E-state index in [-0.39, 0.29) is 11.9 Å². The molecule has 0 aliphatic carbocycles. The Balaban J connectivity index is 2.42. The Morgan fingerprint density at radius 2 is 1.80 bits per heavy atom. The van der Waals surface area contributed by atoms with Crippen LogP contribution in [0.15, 0.2) is 30.3 Å². The first-order chi connectivity index (χ1) is 11.9. The zero-order valence-corrected chi connectivity index (χ0v) is 15.6. The van der Waals surface area contributed by atoms with Gasteiger partial charge in [0.25, 0.3) is 0 Å². The quantitative estimate of drug-likeness (QED) is 0.680. The van der Waals surface area contributed by atoms with Crippen molar-refractivity contribution in [3.8, 4) is 0 Å². The van der Waals surface area contributed by atoms with Gasteiger partial charge in [-0.3, -0.25) is 4.79 Å². The third-order valence-electron chi connectivity index (χ3n) is 3.59. The van der Waals surface area contributed by atoms with Gasteiger partial charge in [-0.25, -0.2) is 4.79 Å². The van der Waals surface area contributed by atoms with Gasteiger partial charge in [-0.2, -0.15) is 0 Å². The first-order valence-corrected chi connectivity index (χ1v) is 8.78. The van der Waals surface area contributed by atoms with Gasteiger partial charge in [0, 0.05) is 12.6 Å². The van der Waals surface area contributed by atoms with Crippen LogP contribution in [0.3, 0.4) is 0 Å². The van der Waals surface area contributed by atoms with Crippen LogP contribution in [-0.4, -0.2) is 37.3 Å². The smallest absolute Gasteiger partial charge is 0.407 e. The number of hydrogen-bond donors (Lipinski definition) is 2. The summed E-state index contributed by atoms with van der Waals surface area (Å²) in [5, 5.41) is 5.62. The van der Waals surface area contributed by atoms with E-state index in [4.69, 9.17) is 9.47 Å². The highest BCUT2D eigenvalue weighted by Gasteiger charge is 2.18. The first-order valence-electron chi connectivity index (χ1n) is 8.78. The topological polar surface area (TPSA) is 76.7 Å². The number of nitrogens with one attached hydrogen (secondary N) is 2. The molecule has 1 aromatic carbocycles. The van der Waals surface area contributed by atoms with Crippen molar-refractivity contribution in [1.82, 2.24) is 10.6 Å². The fourth-order valence-corrected chi connectivity index (χ4v) is 2.34. The maximum absolute atomic E-state index is 12.2. The van der Waals surface area contributed by atoms with Gasteiger partial charge in [-0.1, -0.05) is 44.2 Å². The summed E-state index contributed by atoms with van der Waals surface area (Å²) in [6, 6.07) is 9.52. The summed E-state index contributed by atoms with van der Waals surface area (Å²) in [7, 11) is 0. The Morgan fingerprint density at radius 3 is 2.40 bits per heavy atom. The maximum atomic E-state index is 12.2. The van der Waals surface area contributed by atoms with Crippen molar-refractivity contribution < 1.29 is 19.1 Å². The average molecular weight is 350 g/mol. The third kappa shape index (κ3) is 9.10. The van der Waals surface area contributed by atoms with Gasteiger partial charge in [-0.15, -0.1) is 0 Å². The molecule has 0 unspecified atom stereocenters. The molecule has 2 amide bonds. The number of hydrogen-bond acceptors (Lipinski definition) is 4. The van der Waals surface area contributed by atoms with Crippen molar-refractivity contribution >= 4 is 12.0 Å². The lowest BCUT2D eigenvalue weighted by Crippen LogP contribution is -2.46. The molecule has 1 aromatic rings. The van der Waals surface area contributed by atoms with Gasteiger partial charge in [0.1, 0.15) is 6.10 Å². The second kappa shape index (κ2) is 11.5. The number of rotatable bonds is 10. The number of ether oxygens (including phenoxy) is 2. The molecular weight excluding hydrogens is 320 g/mol. The molecule has 2 N–H and O–H groups in total. The van der Waals surface area contributed by atoms with Crippen LogP contribution in [0.1, 0.15) is 39.7 Å². The number of alkyl carbamates (subject to hydrolysis) is 1. The van der Waals surface area contributed by atoms with Crippen LogP contribution in [0, 0.1) is 5.92 Å². The lowest BCUT2D eigenvalue weighted by molar-refractivity contribution is -0.132. The highest BCUT2D eigenvalue weighted by molar-refractivity contribution is 5.80. The Hall–Kier alpha value is -2.08. The van der Waals surface area contributed by atoms with Crippen molar-refractivity contribution in [3.05, 3.63) is 35.9 Å². The van der Waals surface area contributed by atoms with E-state index in [2.05, 4.69) is 24.5 Å². The number of carbonyl (C=O) groups excluding carboxylic acids is 2. The van der Waals surface area contributed by atoms with Crippen LogP contribution in [0.25, 0.3) is 0 Å². The summed E-state index contributed by atoms with van der Waals surface area (Å²) in [5.74, 6) is 0.186. The SMILES string of the molecule is CCOC(=O)N[C@H](CNC(=O)[C@H](C)OCc1ccccc1)CC(C)C. The second-order valence-electron chi connectivity index (χ2n) is 6.38. The molecule has 0 saturated carbocycles. The summed E-state index contributed by atoms with van der Waals surface area (Å²) < 4.78 is 10.5. The molecule has 0 spiro atoms. The fourth-order valence-electron chi connectivity index (χ4n) is 2.34. The molecular formula is C19H30N2O4. The average Bonchev–Trinajstić information content (AvgIpc) is 2.57. The Kier molecular flexibility index (Phi) is 9.62. The molecule has 2 atom stereocenters. The van der Waals surface area contributed by atoms with E-state index in [1.165, 1.54) is 0 Å². The lowest BCUT2D eigenvalue weighted by Gasteiger charge is -2.22. The standard InChI is InChI=1S/C19H30N2O4/c1-5-24-19(23)21-17(11-14(2)3)12-20-18(22)15(4)25-13-16-9-7-6-8-10-16/h6-10,14-15,17H,5,11-13H2,1-4H3,(H,20,22)(H,21,23)/t15-,17-/m0/s1. The molecule has 0 aromatic heterocycles. The summed E-state index contributed by atoms with van der Waals surface area (Å²) in [6.45, 7) is 8.64. The summed E-state index contributed by atoms with van der Waals surface area (Å²) in [5.41, 5.74) is 1.02. The minimum Gasteiger partial charge on any atom is -0.450 e. The van der Waals surface area contributed by atoms with Gasteiger partial charge < -0.3 is 20.1 Å². The summed E-state index contributed by atoms with van der Waals surface area (Å²) >= 11 is 0. The minimum absolute atomic E-state index is 0.177. The molecule has 0 saturated heterocycles. The van der Waals surface area contributed by atoms with Crippen LogP contribution in [0.2, 0.25) is 0 Å². The van der Waals surface area contributed by atoms with Gasteiger partial charge in [-0.05, 0) is 31.7 Å². The van der Waals surface area contributed by atoms with Crippen LogP contribution < -0.4 is 10.6 Å². The van der Waals surface area contributed by atoms with Crippen molar-refractivity contribution in [2.75, 3.05) is 13.2 Å². The van der Waals surface area contributed by atoms with E-state index in [1.54, 1.807) is 13.8 Å². The van der Waals surface area contributed by atoms with E-state index in [0.717, 1.165) is 12.0 Å². The van der Waals surface area contributed by atoms with E-state index in [9.17, 15) is 9.59 Å². The minimum atomic E-state index is -0.567. The highest BCUT2D eigenvalue weighted by atomic mass is 16.5. The monoisotopic (exact) mass is 350 g/mol. The molecule has 0 aliphatic rings. The molecule has 140 valence electrons. The number of carbonyl (C=O) groups is 2. The predicted octanol–water partition coefficient (Wildman–Crippen LogP) is 2.87. The Bertz CT molecular complexity index is 519. The highest BCUT2D eigenvalue weighted by Crippen LogP contribution is 2.06.